The number of anilines is 2. The molecule has 92 valence electrons. The van der Waals surface area contributed by atoms with Crippen molar-refractivity contribution in [2.24, 2.45) is 0 Å². The summed E-state index contributed by atoms with van der Waals surface area (Å²) < 4.78 is 0.895. The van der Waals surface area contributed by atoms with Crippen molar-refractivity contribution in [3.8, 4) is 0 Å². The molecule has 1 heterocycles. The van der Waals surface area contributed by atoms with Gasteiger partial charge in [-0.3, -0.25) is 0 Å². The van der Waals surface area contributed by atoms with Crippen LogP contribution in [0.1, 0.15) is 15.9 Å². The number of hydrogen-bond acceptors (Lipinski definition) is 3. The second-order valence-electron chi connectivity index (χ2n) is 3.77. The lowest BCUT2D eigenvalue weighted by molar-refractivity contribution is 0.0697. The van der Waals surface area contributed by atoms with E-state index in [0.29, 0.717) is 5.82 Å². The summed E-state index contributed by atoms with van der Waals surface area (Å²) in [5.74, 6) is -0.675. The first-order chi connectivity index (χ1) is 8.59. The van der Waals surface area contributed by atoms with E-state index in [-0.39, 0.29) is 5.56 Å². The van der Waals surface area contributed by atoms with E-state index in [9.17, 15) is 4.79 Å². The SMILES string of the molecule is Cc1cccc(Nc2ncccc2C(=O)O)c1Br. The van der Waals surface area contributed by atoms with Crippen molar-refractivity contribution in [1.29, 1.82) is 0 Å². The molecule has 0 saturated heterocycles. The molecule has 0 aliphatic heterocycles. The Morgan fingerprint density at radius 2 is 2.11 bits per heavy atom. The Balaban J connectivity index is 2.40. The van der Waals surface area contributed by atoms with Crippen molar-refractivity contribution in [1.82, 2.24) is 4.98 Å². The number of hydrogen-bond donors (Lipinski definition) is 2. The van der Waals surface area contributed by atoms with Gasteiger partial charge < -0.3 is 10.4 Å². The zero-order valence-electron chi connectivity index (χ0n) is 9.64. The quantitative estimate of drug-likeness (QED) is 0.909. The second kappa shape index (κ2) is 5.18. The van der Waals surface area contributed by atoms with Crippen molar-refractivity contribution >= 4 is 33.4 Å². The number of pyridine rings is 1. The first-order valence-corrected chi connectivity index (χ1v) is 6.09. The Morgan fingerprint density at radius 3 is 2.83 bits per heavy atom. The van der Waals surface area contributed by atoms with Gasteiger partial charge in [-0.05, 0) is 46.6 Å². The van der Waals surface area contributed by atoms with E-state index >= 15 is 0 Å². The second-order valence-corrected chi connectivity index (χ2v) is 4.56. The monoisotopic (exact) mass is 306 g/mol. The van der Waals surface area contributed by atoms with Gasteiger partial charge in [0.25, 0.3) is 0 Å². The van der Waals surface area contributed by atoms with Crippen LogP contribution in [0.3, 0.4) is 0 Å². The van der Waals surface area contributed by atoms with Gasteiger partial charge >= 0.3 is 5.97 Å². The summed E-state index contributed by atoms with van der Waals surface area (Å²) in [7, 11) is 0. The molecule has 0 spiro atoms. The molecule has 0 aliphatic carbocycles. The van der Waals surface area contributed by atoms with E-state index < -0.39 is 5.97 Å². The van der Waals surface area contributed by atoms with Crippen LogP contribution in [0.15, 0.2) is 41.0 Å². The zero-order chi connectivity index (χ0) is 13.1. The maximum Gasteiger partial charge on any atom is 0.339 e. The van der Waals surface area contributed by atoms with Gasteiger partial charge in [0.2, 0.25) is 0 Å². The van der Waals surface area contributed by atoms with E-state index in [1.807, 2.05) is 25.1 Å². The van der Waals surface area contributed by atoms with E-state index in [2.05, 4.69) is 26.2 Å². The van der Waals surface area contributed by atoms with Crippen LogP contribution in [0.5, 0.6) is 0 Å². The summed E-state index contributed by atoms with van der Waals surface area (Å²) in [6.45, 7) is 1.96. The van der Waals surface area contributed by atoms with Gasteiger partial charge in [0, 0.05) is 10.7 Å². The Hall–Kier alpha value is -1.88. The molecule has 1 aromatic carbocycles. The number of halogens is 1. The summed E-state index contributed by atoms with van der Waals surface area (Å²) in [4.78, 5) is 15.1. The van der Waals surface area contributed by atoms with Gasteiger partial charge in [-0.15, -0.1) is 0 Å². The number of aromatic nitrogens is 1. The third-order valence-electron chi connectivity index (χ3n) is 2.48. The average Bonchev–Trinajstić information content (AvgIpc) is 2.35. The van der Waals surface area contributed by atoms with Crippen LogP contribution in [0.2, 0.25) is 0 Å². The zero-order valence-corrected chi connectivity index (χ0v) is 11.2. The minimum absolute atomic E-state index is 0.144. The Labute approximate surface area is 113 Å². The fourth-order valence-electron chi connectivity index (χ4n) is 1.55. The molecule has 2 N–H and O–H groups in total. The van der Waals surface area contributed by atoms with Gasteiger partial charge in [-0.2, -0.15) is 0 Å². The first kappa shape index (κ1) is 12.6. The van der Waals surface area contributed by atoms with Crippen molar-refractivity contribution in [2.45, 2.75) is 6.92 Å². The van der Waals surface area contributed by atoms with Gasteiger partial charge in [0.05, 0.1) is 5.69 Å². The van der Waals surface area contributed by atoms with Crippen LogP contribution in [-0.2, 0) is 0 Å². The minimum Gasteiger partial charge on any atom is -0.478 e. The van der Waals surface area contributed by atoms with E-state index in [4.69, 9.17) is 5.11 Å². The largest absolute Gasteiger partial charge is 0.478 e. The molecule has 4 nitrogen and oxygen atoms in total. The molecule has 18 heavy (non-hydrogen) atoms. The highest BCUT2D eigenvalue weighted by Gasteiger charge is 2.12. The van der Waals surface area contributed by atoms with E-state index in [0.717, 1.165) is 15.7 Å². The predicted molar refractivity (Wildman–Crippen MR) is 73.4 cm³/mol. The summed E-state index contributed by atoms with van der Waals surface area (Å²) in [6, 6.07) is 8.83. The maximum absolute atomic E-state index is 11.1. The number of aryl methyl sites for hydroxylation is 1. The van der Waals surface area contributed by atoms with Gasteiger partial charge in [0.1, 0.15) is 11.4 Å². The lowest BCUT2D eigenvalue weighted by Gasteiger charge is -2.11. The van der Waals surface area contributed by atoms with Crippen LogP contribution in [0.4, 0.5) is 11.5 Å². The summed E-state index contributed by atoms with van der Waals surface area (Å²) in [5, 5.41) is 12.1. The Bertz CT molecular complexity index is 599. The highest BCUT2D eigenvalue weighted by Crippen LogP contribution is 2.28. The van der Waals surface area contributed by atoms with Gasteiger partial charge in [-0.25, -0.2) is 9.78 Å². The third-order valence-corrected chi connectivity index (χ3v) is 3.54. The molecule has 0 fully saturated rings. The topological polar surface area (TPSA) is 62.2 Å². The molecule has 0 bridgehead atoms. The minimum atomic E-state index is -1.01. The number of nitrogens with zero attached hydrogens (tertiary/aromatic N) is 1. The van der Waals surface area contributed by atoms with Gasteiger partial charge in [-0.1, -0.05) is 12.1 Å². The molecule has 2 aromatic rings. The molecule has 0 amide bonds. The Kier molecular flexibility index (Phi) is 3.62. The maximum atomic E-state index is 11.1. The number of nitrogens with one attached hydrogen (secondary N) is 1. The molecular weight excluding hydrogens is 296 g/mol. The molecule has 0 aliphatic rings. The molecule has 0 radical (unpaired) electrons. The van der Waals surface area contributed by atoms with Gasteiger partial charge in [0.15, 0.2) is 0 Å². The first-order valence-electron chi connectivity index (χ1n) is 5.30. The molecule has 0 atom stereocenters. The lowest BCUT2D eigenvalue weighted by Crippen LogP contribution is -2.04. The molecule has 0 unspecified atom stereocenters. The number of rotatable bonds is 3. The molecule has 1 aromatic heterocycles. The number of carboxylic acid groups (broad SMARTS) is 1. The van der Waals surface area contributed by atoms with E-state index in [1.54, 1.807) is 12.3 Å². The molecular formula is C13H11BrN2O2. The smallest absolute Gasteiger partial charge is 0.339 e. The van der Waals surface area contributed by atoms with Crippen LogP contribution in [-0.4, -0.2) is 16.1 Å². The van der Waals surface area contributed by atoms with Crippen molar-refractivity contribution in [3.05, 3.63) is 52.1 Å². The average molecular weight is 307 g/mol. The van der Waals surface area contributed by atoms with Crippen molar-refractivity contribution < 1.29 is 9.90 Å². The summed E-state index contributed by atoms with van der Waals surface area (Å²) in [6.07, 6.45) is 1.55. The Morgan fingerprint density at radius 1 is 1.33 bits per heavy atom. The van der Waals surface area contributed by atoms with Crippen LogP contribution in [0, 0.1) is 6.92 Å². The summed E-state index contributed by atoms with van der Waals surface area (Å²) in [5.41, 5.74) is 2.00. The molecule has 0 saturated carbocycles. The van der Waals surface area contributed by atoms with Crippen molar-refractivity contribution in [3.63, 3.8) is 0 Å². The standard InChI is InChI=1S/C13H11BrN2O2/c1-8-4-2-6-10(11(8)14)16-12-9(13(17)18)5-3-7-15-12/h2-7H,1H3,(H,15,16)(H,17,18). The number of benzene rings is 1. The van der Waals surface area contributed by atoms with E-state index in [1.165, 1.54) is 6.07 Å². The number of carbonyl (C=O) groups is 1. The highest BCUT2D eigenvalue weighted by molar-refractivity contribution is 9.10. The molecule has 5 heteroatoms. The summed E-state index contributed by atoms with van der Waals surface area (Å²) >= 11 is 3.46. The number of aromatic carboxylic acids is 1. The van der Waals surface area contributed by atoms with Crippen LogP contribution in [0.25, 0.3) is 0 Å². The fraction of sp³-hybridized carbons (Fsp3) is 0.0769. The van der Waals surface area contributed by atoms with Crippen LogP contribution < -0.4 is 5.32 Å². The van der Waals surface area contributed by atoms with Crippen LogP contribution >= 0.6 is 15.9 Å². The predicted octanol–water partition coefficient (Wildman–Crippen LogP) is 3.59. The molecule has 2 rings (SSSR count). The highest BCUT2D eigenvalue weighted by atomic mass is 79.9. The number of carboxylic acids is 1. The fourth-order valence-corrected chi connectivity index (χ4v) is 1.91. The van der Waals surface area contributed by atoms with Crippen molar-refractivity contribution in [2.75, 3.05) is 5.32 Å². The lowest BCUT2D eigenvalue weighted by atomic mass is 10.2. The normalized spacial score (nSPS) is 10.1. The third kappa shape index (κ3) is 2.51.